The van der Waals surface area contributed by atoms with Gasteiger partial charge in [-0.05, 0) is 98.9 Å². The predicted molar refractivity (Wildman–Crippen MR) is 187 cm³/mol. The minimum absolute atomic E-state index is 0.0155. The Balaban J connectivity index is 0.000000260. The number of Topliss-reactive ketones (excluding diaryl/α,β-unsaturated/α-hetero) is 4. The molecule has 48 heavy (non-hydrogen) atoms. The van der Waals surface area contributed by atoms with Gasteiger partial charge in [-0.1, -0.05) is 32.6 Å². The molecule has 0 fully saturated rings. The average Bonchev–Trinajstić information content (AvgIpc) is 3.08. The fourth-order valence-corrected chi connectivity index (χ4v) is 6.07. The number of aliphatic hydroxyl groups excluding tert-OH is 1. The number of anilines is 2. The number of ketones is 4. The minimum Gasteiger partial charge on any atom is -0.389 e. The van der Waals surface area contributed by atoms with E-state index in [0.29, 0.717) is 50.7 Å². The van der Waals surface area contributed by atoms with Crippen LogP contribution in [0, 0.1) is 0 Å². The third-order valence-corrected chi connectivity index (χ3v) is 8.87. The number of fused-ring (bicyclic) bond motifs is 2. The van der Waals surface area contributed by atoms with E-state index in [1.165, 1.54) is 0 Å². The number of rotatable bonds is 18. The lowest BCUT2D eigenvalue weighted by Crippen LogP contribution is -2.14. The Hall–Kier alpha value is -3.98. The van der Waals surface area contributed by atoms with Gasteiger partial charge in [0, 0.05) is 67.4 Å². The fourth-order valence-electron chi connectivity index (χ4n) is 6.07. The molecule has 0 atom stereocenters. The molecular formula is C39H52N2O7. The number of benzene rings is 2. The molecule has 0 saturated heterocycles. The van der Waals surface area contributed by atoms with Crippen LogP contribution < -0.4 is 10.6 Å². The number of carbonyl (C=O) groups excluding carboxylic acids is 6. The summed E-state index contributed by atoms with van der Waals surface area (Å²) in [6, 6.07) is 11.1. The maximum Gasteiger partial charge on any atom is 0.224 e. The monoisotopic (exact) mass is 660 g/mol. The largest absolute Gasteiger partial charge is 0.389 e. The zero-order valence-corrected chi connectivity index (χ0v) is 28.5. The van der Waals surface area contributed by atoms with E-state index < -0.39 is 0 Å². The topological polar surface area (TPSA) is 147 Å². The normalized spacial score (nSPS) is 13.5. The van der Waals surface area contributed by atoms with Gasteiger partial charge in [0.05, 0.1) is 0 Å². The first-order chi connectivity index (χ1) is 23.2. The molecule has 0 unspecified atom stereocenters. The third kappa shape index (κ3) is 13.6. The van der Waals surface area contributed by atoms with Crippen molar-refractivity contribution in [2.75, 3.05) is 17.2 Å². The lowest BCUT2D eigenvalue weighted by molar-refractivity contribution is -0.122. The van der Waals surface area contributed by atoms with Crippen molar-refractivity contribution in [3.8, 4) is 0 Å². The second kappa shape index (κ2) is 21.1. The van der Waals surface area contributed by atoms with Gasteiger partial charge in [0.15, 0.2) is 17.3 Å². The Labute approximate surface area is 284 Å². The van der Waals surface area contributed by atoms with Gasteiger partial charge in [-0.2, -0.15) is 0 Å². The van der Waals surface area contributed by atoms with E-state index >= 15 is 0 Å². The second-order valence-electron chi connectivity index (χ2n) is 12.8. The van der Waals surface area contributed by atoms with Crippen LogP contribution in [0.4, 0.5) is 11.4 Å². The van der Waals surface area contributed by atoms with Crippen molar-refractivity contribution in [1.82, 2.24) is 0 Å². The number of amides is 2. The summed E-state index contributed by atoms with van der Waals surface area (Å²) in [4.78, 5) is 69.7. The van der Waals surface area contributed by atoms with Gasteiger partial charge in [0.2, 0.25) is 11.8 Å². The maximum absolute atomic E-state index is 12.0. The summed E-state index contributed by atoms with van der Waals surface area (Å²) in [6.07, 6.45) is 14.5. The van der Waals surface area contributed by atoms with E-state index in [-0.39, 0.29) is 35.8 Å². The summed E-state index contributed by atoms with van der Waals surface area (Å²) >= 11 is 0. The van der Waals surface area contributed by atoms with Gasteiger partial charge in [-0.15, -0.1) is 0 Å². The van der Waals surface area contributed by atoms with Gasteiger partial charge >= 0.3 is 0 Å². The molecule has 0 aromatic heterocycles. The lowest BCUT2D eigenvalue weighted by Gasteiger charge is -2.16. The standard InChI is InChI=1S/C20H27NO3.C19H25NO4/c1-2-17(22)9-5-3-4-6-11-20(24)21-16-12-13-18-15(14-16)8-7-10-19(18)23;21-13-16(22)7-3-1-2-4-9-19(24)20-15-10-11-17-14(12-15)6-5-8-18(17)23/h12-14H,2-11H2,1H3,(H,21,24);10-12,21H,1-9,13H2,(H,20,24). The maximum atomic E-state index is 12.0. The fraction of sp³-hybridized carbons (Fsp3) is 0.538. The zero-order chi connectivity index (χ0) is 34.7. The molecule has 0 heterocycles. The number of carbonyl (C=O) groups is 6. The molecule has 2 aromatic rings. The molecule has 0 radical (unpaired) electrons. The van der Waals surface area contributed by atoms with Crippen molar-refractivity contribution >= 4 is 46.3 Å². The summed E-state index contributed by atoms with van der Waals surface area (Å²) in [5.41, 5.74) is 5.20. The first kappa shape index (κ1) is 38.5. The van der Waals surface area contributed by atoms with Crippen molar-refractivity contribution in [2.24, 2.45) is 0 Å². The minimum atomic E-state index is -0.380. The van der Waals surface area contributed by atoms with Gasteiger partial charge in [-0.25, -0.2) is 0 Å². The number of hydrogen-bond acceptors (Lipinski definition) is 7. The highest BCUT2D eigenvalue weighted by Gasteiger charge is 2.18. The molecule has 2 amide bonds. The number of hydrogen-bond donors (Lipinski definition) is 3. The summed E-state index contributed by atoms with van der Waals surface area (Å²) in [7, 11) is 0. The number of unbranched alkanes of at least 4 members (excludes halogenated alkanes) is 6. The Morgan fingerprint density at radius 1 is 0.583 bits per heavy atom. The molecule has 3 N–H and O–H groups in total. The highest BCUT2D eigenvalue weighted by molar-refractivity contribution is 6.00. The molecule has 2 aliphatic carbocycles. The Bertz CT molecular complexity index is 1320. The van der Waals surface area contributed by atoms with Crippen LogP contribution in [-0.2, 0) is 32.0 Å². The molecule has 260 valence electrons. The predicted octanol–water partition coefficient (Wildman–Crippen LogP) is 7.51. The Kier molecular flexibility index (Phi) is 16.9. The molecule has 0 aliphatic heterocycles. The van der Waals surface area contributed by atoms with Crippen LogP contribution in [0.1, 0.15) is 148 Å². The van der Waals surface area contributed by atoms with Crippen molar-refractivity contribution in [1.29, 1.82) is 0 Å². The molecular weight excluding hydrogens is 608 g/mol. The van der Waals surface area contributed by atoms with E-state index in [4.69, 9.17) is 5.11 Å². The quantitative estimate of drug-likeness (QED) is 0.140. The molecule has 0 saturated carbocycles. The van der Waals surface area contributed by atoms with Crippen LogP contribution in [0.3, 0.4) is 0 Å². The van der Waals surface area contributed by atoms with Crippen molar-refractivity contribution in [3.63, 3.8) is 0 Å². The smallest absolute Gasteiger partial charge is 0.224 e. The SMILES string of the molecule is CCC(=O)CCCCCCC(=O)Nc1ccc2c(c1)CCCC2=O.O=C(CO)CCCCCCC(=O)Nc1ccc2c(c1)CCCC2=O. The van der Waals surface area contributed by atoms with E-state index in [1.807, 2.05) is 37.3 Å². The first-order valence-electron chi connectivity index (χ1n) is 17.8. The summed E-state index contributed by atoms with van der Waals surface area (Å²) in [5, 5.41) is 14.4. The van der Waals surface area contributed by atoms with Crippen molar-refractivity contribution in [3.05, 3.63) is 58.7 Å². The van der Waals surface area contributed by atoms with Crippen LogP contribution in [-0.4, -0.2) is 46.7 Å². The van der Waals surface area contributed by atoms with Gasteiger partial charge in [0.25, 0.3) is 0 Å². The molecule has 9 heteroatoms. The summed E-state index contributed by atoms with van der Waals surface area (Å²) in [5.74, 6) is 0.576. The van der Waals surface area contributed by atoms with Crippen LogP contribution in [0.2, 0.25) is 0 Å². The Morgan fingerprint density at radius 3 is 1.42 bits per heavy atom. The van der Waals surface area contributed by atoms with E-state index in [9.17, 15) is 28.8 Å². The van der Waals surface area contributed by atoms with Gasteiger partial charge < -0.3 is 15.7 Å². The van der Waals surface area contributed by atoms with Crippen LogP contribution >= 0.6 is 0 Å². The second-order valence-corrected chi connectivity index (χ2v) is 12.8. The molecule has 2 aromatic carbocycles. The van der Waals surface area contributed by atoms with Gasteiger partial charge in [0.1, 0.15) is 12.4 Å². The molecule has 0 bridgehead atoms. The van der Waals surface area contributed by atoms with Crippen LogP contribution in [0.15, 0.2) is 36.4 Å². The van der Waals surface area contributed by atoms with Crippen molar-refractivity contribution < 1.29 is 33.9 Å². The van der Waals surface area contributed by atoms with E-state index in [0.717, 1.165) is 111 Å². The number of aliphatic hydroxyl groups is 1. The summed E-state index contributed by atoms with van der Waals surface area (Å²) in [6.45, 7) is 1.51. The third-order valence-electron chi connectivity index (χ3n) is 8.87. The average molecular weight is 661 g/mol. The summed E-state index contributed by atoms with van der Waals surface area (Å²) < 4.78 is 0. The molecule has 0 spiro atoms. The first-order valence-corrected chi connectivity index (χ1v) is 17.8. The highest BCUT2D eigenvalue weighted by Crippen LogP contribution is 2.26. The van der Waals surface area contributed by atoms with E-state index in [2.05, 4.69) is 10.6 Å². The molecule has 4 rings (SSSR count). The molecule has 2 aliphatic rings. The number of nitrogens with one attached hydrogen (secondary N) is 2. The van der Waals surface area contributed by atoms with Crippen LogP contribution in [0.5, 0.6) is 0 Å². The van der Waals surface area contributed by atoms with Crippen LogP contribution in [0.25, 0.3) is 0 Å². The molecule has 9 nitrogen and oxygen atoms in total. The highest BCUT2D eigenvalue weighted by atomic mass is 16.3. The number of aryl methyl sites for hydroxylation is 2. The van der Waals surface area contributed by atoms with Gasteiger partial charge in [-0.3, -0.25) is 28.8 Å². The zero-order valence-electron chi connectivity index (χ0n) is 28.5. The Morgan fingerprint density at radius 2 is 1.00 bits per heavy atom. The van der Waals surface area contributed by atoms with Crippen molar-refractivity contribution in [2.45, 2.75) is 129 Å². The van der Waals surface area contributed by atoms with E-state index in [1.54, 1.807) is 6.07 Å². The lowest BCUT2D eigenvalue weighted by atomic mass is 9.90.